The number of carbonyl (C=O) groups excluding carboxylic acids is 2. The molecular weight excluding hydrogens is 164 g/mol. The molecule has 1 aliphatic carbocycles. The van der Waals surface area contributed by atoms with Crippen LogP contribution in [0.2, 0.25) is 0 Å². The molecule has 0 saturated heterocycles. The highest BCUT2D eigenvalue weighted by atomic mass is 16.2. The molecule has 0 amide bonds. The van der Waals surface area contributed by atoms with Crippen molar-refractivity contribution in [2.24, 2.45) is 0 Å². The van der Waals surface area contributed by atoms with Gasteiger partial charge in [-0.15, -0.1) is 0 Å². The van der Waals surface area contributed by atoms with E-state index in [1.54, 1.807) is 6.92 Å². The maximum atomic E-state index is 11.3. The Kier molecular flexibility index (Phi) is 3.18. The van der Waals surface area contributed by atoms with E-state index in [0.717, 1.165) is 6.42 Å². The summed E-state index contributed by atoms with van der Waals surface area (Å²) in [7, 11) is 0. The molecule has 0 bridgehead atoms. The van der Waals surface area contributed by atoms with Crippen LogP contribution in [0.3, 0.4) is 0 Å². The first kappa shape index (κ1) is 9.90. The number of hydrogen-bond donors (Lipinski definition) is 0. The van der Waals surface area contributed by atoms with Crippen LogP contribution in [0.5, 0.6) is 0 Å². The highest BCUT2D eigenvalue weighted by Gasteiger charge is 2.25. The smallest absolute Gasteiger partial charge is 0.167 e. The Balaban J connectivity index is 2.72. The van der Waals surface area contributed by atoms with E-state index in [2.05, 4.69) is 0 Å². The number of Topliss-reactive ketones (excluding diaryl/α,β-unsaturated/α-hetero) is 2. The zero-order chi connectivity index (χ0) is 9.84. The van der Waals surface area contributed by atoms with E-state index in [1.807, 2.05) is 19.1 Å². The average Bonchev–Trinajstić information content (AvgIpc) is 2.32. The van der Waals surface area contributed by atoms with Crippen LogP contribution in [0.25, 0.3) is 0 Å². The highest BCUT2D eigenvalue weighted by Crippen LogP contribution is 2.22. The van der Waals surface area contributed by atoms with E-state index in [-0.39, 0.29) is 18.0 Å². The Morgan fingerprint density at radius 1 is 1.23 bits per heavy atom. The minimum Gasteiger partial charge on any atom is -0.294 e. The molecule has 0 spiro atoms. The van der Waals surface area contributed by atoms with Gasteiger partial charge >= 0.3 is 0 Å². The van der Waals surface area contributed by atoms with Crippen LogP contribution < -0.4 is 0 Å². The van der Waals surface area contributed by atoms with Gasteiger partial charge in [0.05, 0.1) is 6.42 Å². The van der Waals surface area contributed by atoms with E-state index in [0.29, 0.717) is 17.6 Å². The third kappa shape index (κ3) is 2.14. The molecule has 2 nitrogen and oxygen atoms in total. The maximum absolute atomic E-state index is 11.3. The first-order valence-corrected chi connectivity index (χ1v) is 4.58. The van der Waals surface area contributed by atoms with Gasteiger partial charge in [0.15, 0.2) is 11.6 Å². The summed E-state index contributed by atoms with van der Waals surface area (Å²) in [6.07, 6.45) is 5.63. The van der Waals surface area contributed by atoms with Crippen LogP contribution in [-0.4, -0.2) is 11.6 Å². The standard InChI is InChI=1S/C11H14O2/c1-3-4-5-6-9-8(2)10(12)7-11(9)13/h4-5H,3,6-7H2,1-2H3. The van der Waals surface area contributed by atoms with Crippen LogP contribution in [0.1, 0.15) is 33.1 Å². The molecule has 0 aliphatic heterocycles. The van der Waals surface area contributed by atoms with Crippen molar-refractivity contribution < 1.29 is 9.59 Å². The quantitative estimate of drug-likeness (QED) is 0.490. The molecule has 13 heavy (non-hydrogen) atoms. The van der Waals surface area contributed by atoms with Crippen LogP contribution in [0.4, 0.5) is 0 Å². The molecule has 0 aromatic heterocycles. The van der Waals surface area contributed by atoms with Gasteiger partial charge in [-0.3, -0.25) is 9.59 Å². The summed E-state index contributed by atoms with van der Waals surface area (Å²) in [6, 6.07) is 0. The normalized spacial score (nSPS) is 18.0. The van der Waals surface area contributed by atoms with Gasteiger partial charge in [-0.1, -0.05) is 19.1 Å². The van der Waals surface area contributed by atoms with Gasteiger partial charge in [0, 0.05) is 5.57 Å². The molecule has 0 heterocycles. The van der Waals surface area contributed by atoms with Crippen LogP contribution >= 0.6 is 0 Å². The maximum Gasteiger partial charge on any atom is 0.167 e. The molecule has 0 saturated carbocycles. The zero-order valence-electron chi connectivity index (χ0n) is 8.09. The molecule has 1 aliphatic rings. The molecule has 2 heteroatoms. The van der Waals surface area contributed by atoms with Crippen LogP contribution in [0, 0.1) is 0 Å². The predicted molar refractivity (Wildman–Crippen MR) is 51.4 cm³/mol. The number of ketones is 2. The van der Waals surface area contributed by atoms with Gasteiger partial charge in [0.1, 0.15) is 0 Å². The van der Waals surface area contributed by atoms with Crippen molar-refractivity contribution in [2.75, 3.05) is 0 Å². The largest absolute Gasteiger partial charge is 0.294 e. The molecule has 0 fully saturated rings. The molecule has 0 aromatic rings. The van der Waals surface area contributed by atoms with E-state index >= 15 is 0 Å². The van der Waals surface area contributed by atoms with Gasteiger partial charge in [-0.25, -0.2) is 0 Å². The monoisotopic (exact) mass is 178 g/mol. The van der Waals surface area contributed by atoms with Gasteiger partial charge in [-0.05, 0) is 25.3 Å². The minimum atomic E-state index is -0.00935. The first-order valence-electron chi connectivity index (χ1n) is 4.58. The number of allylic oxidation sites excluding steroid dienone is 4. The van der Waals surface area contributed by atoms with E-state index < -0.39 is 0 Å². The second kappa shape index (κ2) is 4.17. The van der Waals surface area contributed by atoms with E-state index in [9.17, 15) is 9.59 Å². The average molecular weight is 178 g/mol. The Bertz CT molecular complexity index is 295. The fourth-order valence-corrected chi connectivity index (χ4v) is 1.40. The summed E-state index contributed by atoms with van der Waals surface area (Å²) in [5.74, 6) is -0.00634. The van der Waals surface area contributed by atoms with Gasteiger partial charge < -0.3 is 0 Å². The van der Waals surface area contributed by atoms with Crippen molar-refractivity contribution in [1.29, 1.82) is 0 Å². The molecule has 1 rings (SSSR count). The van der Waals surface area contributed by atoms with Gasteiger partial charge in [0.25, 0.3) is 0 Å². The van der Waals surface area contributed by atoms with Crippen molar-refractivity contribution >= 4 is 11.6 Å². The second-order valence-electron chi connectivity index (χ2n) is 3.21. The summed E-state index contributed by atoms with van der Waals surface area (Å²) in [4.78, 5) is 22.4. The Labute approximate surface area is 78.3 Å². The lowest BCUT2D eigenvalue weighted by atomic mass is 10.1. The molecule has 0 atom stereocenters. The lowest BCUT2D eigenvalue weighted by molar-refractivity contribution is -0.121. The van der Waals surface area contributed by atoms with Crippen molar-refractivity contribution in [3.63, 3.8) is 0 Å². The second-order valence-corrected chi connectivity index (χ2v) is 3.21. The summed E-state index contributed by atoms with van der Waals surface area (Å²) < 4.78 is 0. The third-order valence-electron chi connectivity index (χ3n) is 2.25. The summed E-state index contributed by atoms with van der Waals surface area (Å²) >= 11 is 0. The van der Waals surface area contributed by atoms with Crippen molar-refractivity contribution in [1.82, 2.24) is 0 Å². The summed E-state index contributed by atoms with van der Waals surface area (Å²) in [5, 5.41) is 0. The Morgan fingerprint density at radius 3 is 2.38 bits per heavy atom. The Hall–Kier alpha value is -1.18. The van der Waals surface area contributed by atoms with Crippen molar-refractivity contribution in [2.45, 2.75) is 33.1 Å². The number of rotatable bonds is 3. The van der Waals surface area contributed by atoms with E-state index in [4.69, 9.17) is 0 Å². The SMILES string of the molecule is CCC=CCC1=C(C)C(=O)CC1=O. The van der Waals surface area contributed by atoms with Gasteiger partial charge in [-0.2, -0.15) is 0 Å². The van der Waals surface area contributed by atoms with Crippen LogP contribution in [0.15, 0.2) is 23.3 Å². The number of hydrogen-bond acceptors (Lipinski definition) is 2. The molecule has 70 valence electrons. The molecule has 0 radical (unpaired) electrons. The fourth-order valence-electron chi connectivity index (χ4n) is 1.40. The minimum absolute atomic E-state index is 0.00301. The summed E-state index contributed by atoms with van der Waals surface area (Å²) in [5.41, 5.74) is 1.36. The fraction of sp³-hybridized carbons (Fsp3) is 0.455. The predicted octanol–water partition coefficient (Wildman–Crippen LogP) is 2.20. The molecular formula is C11H14O2. The van der Waals surface area contributed by atoms with Gasteiger partial charge in [0.2, 0.25) is 0 Å². The van der Waals surface area contributed by atoms with E-state index in [1.165, 1.54) is 0 Å². The first-order chi connectivity index (χ1) is 6.16. The van der Waals surface area contributed by atoms with Crippen molar-refractivity contribution in [3.05, 3.63) is 23.3 Å². The summed E-state index contributed by atoms with van der Waals surface area (Å²) in [6.45, 7) is 3.78. The van der Waals surface area contributed by atoms with Crippen molar-refractivity contribution in [3.8, 4) is 0 Å². The Morgan fingerprint density at radius 2 is 1.92 bits per heavy atom. The lowest BCUT2D eigenvalue weighted by Crippen LogP contribution is -1.96. The van der Waals surface area contributed by atoms with Crippen LogP contribution in [-0.2, 0) is 9.59 Å². The lowest BCUT2D eigenvalue weighted by Gasteiger charge is -1.95. The topological polar surface area (TPSA) is 34.1 Å². The number of carbonyl (C=O) groups is 2. The zero-order valence-corrected chi connectivity index (χ0v) is 8.09. The molecule has 0 aromatic carbocycles. The third-order valence-corrected chi connectivity index (χ3v) is 2.25. The molecule has 0 N–H and O–H groups in total. The molecule has 0 unspecified atom stereocenters. The highest BCUT2D eigenvalue weighted by molar-refractivity contribution is 6.22.